The first-order valence-electron chi connectivity index (χ1n) is 6.19. The Kier molecular flexibility index (Phi) is 3.24. The predicted molar refractivity (Wildman–Crippen MR) is 75.5 cm³/mol. The minimum atomic E-state index is -1.09. The Morgan fingerprint density at radius 3 is 2.53 bits per heavy atom. The van der Waals surface area contributed by atoms with Gasteiger partial charge in [-0.15, -0.1) is 0 Å². The average Bonchev–Trinajstić information content (AvgIpc) is 2.31. The summed E-state index contributed by atoms with van der Waals surface area (Å²) >= 11 is 0. The molecule has 3 N–H and O–H groups in total. The molecule has 5 heteroatoms. The van der Waals surface area contributed by atoms with Gasteiger partial charge in [-0.2, -0.15) is 0 Å². The molecule has 2 aromatic rings. The SMILES string of the molecule is CCn1c(=O)ccc2c(NC(C)(C)O)ccc(O)c21. The van der Waals surface area contributed by atoms with E-state index in [4.69, 9.17) is 0 Å². The standard InChI is InChI=1S/C14H18N2O3/c1-4-16-12(18)8-5-9-10(15-14(2,3)19)6-7-11(17)13(9)16/h5-8,15,17,19H,4H2,1-3H3. The monoisotopic (exact) mass is 262 g/mol. The average molecular weight is 262 g/mol. The van der Waals surface area contributed by atoms with Crippen LogP contribution in [0.4, 0.5) is 5.69 Å². The zero-order valence-corrected chi connectivity index (χ0v) is 11.3. The van der Waals surface area contributed by atoms with Gasteiger partial charge in [0.15, 0.2) is 0 Å². The first kappa shape index (κ1) is 13.4. The Hall–Kier alpha value is -2.01. The number of pyridine rings is 1. The van der Waals surface area contributed by atoms with Crippen molar-refractivity contribution in [2.45, 2.75) is 33.0 Å². The molecule has 1 aromatic heterocycles. The number of aromatic nitrogens is 1. The molecule has 1 heterocycles. The molecule has 0 unspecified atom stereocenters. The molecule has 0 saturated carbocycles. The van der Waals surface area contributed by atoms with E-state index in [-0.39, 0.29) is 11.3 Å². The van der Waals surface area contributed by atoms with Crippen LogP contribution < -0.4 is 10.9 Å². The Labute approximate surface area is 111 Å². The number of phenolic OH excluding ortho intramolecular Hbond substituents is 1. The molecule has 0 amide bonds. The zero-order chi connectivity index (χ0) is 14.2. The molecule has 19 heavy (non-hydrogen) atoms. The molecular formula is C14H18N2O3. The lowest BCUT2D eigenvalue weighted by Gasteiger charge is -2.22. The van der Waals surface area contributed by atoms with Gasteiger partial charge in [-0.25, -0.2) is 0 Å². The van der Waals surface area contributed by atoms with Gasteiger partial charge in [-0.05, 0) is 39.0 Å². The topological polar surface area (TPSA) is 74.5 Å². The Balaban J connectivity index is 2.77. The van der Waals surface area contributed by atoms with Crippen LogP contribution in [0.3, 0.4) is 0 Å². The van der Waals surface area contributed by atoms with E-state index in [2.05, 4.69) is 5.32 Å². The van der Waals surface area contributed by atoms with E-state index in [1.165, 1.54) is 16.7 Å². The van der Waals surface area contributed by atoms with E-state index >= 15 is 0 Å². The fraction of sp³-hybridized carbons (Fsp3) is 0.357. The molecule has 0 saturated heterocycles. The van der Waals surface area contributed by atoms with Crippen molar-refractivity contribution in [1.82, 2.24) is 4.57 Å². The van der Waals surface area contributed by atoms with E-state index in [9.17, 15) is 15.0 Å². The predicted octanol–water partition coefficient (Wildman–Crippen LogP) is 1.87. The van der Waals surface area contributed by atoms with Gasteiger partial charge in [0.2, 0.25) is 0 Å². The van der Waals surface area contributed by atoms with Gasteiger partial charge >= 0.3 is 0 Å². The number of anilines is 1. The van der Waals surface area contributed by atoms with Gasteiger partial charge in [-0.3, -0.25) is 4.79 Å². The number of nitrogens with one attached hydrogen (secondary N) is 1. The van der Waals surface area contributed by atoms with E-state index in [1.54, 1.807) is 26.0 Å². The van der Waals surface area contributed by atoms with Crippen LogP contribution in [0.5, 0.6) is 5.75 Å². The Morgan fingerprint density at radius 2 is 1.95 bits per heavy atom. The molecule has 0 aliphatic rings. The van der Waals surface area contributed by atoms with Crippen molar-refractivity contribution in [3.8, 4) is 5.75 Å². The van der Waals surface area contributed by atoms with Crippen molar-refractivity contribution in [1.29, 1.82) is 0 Å². The third kappa shape index (κ3) is 2.56. The fourth-order valence-corrected chi connectivity index (χ4v) is 2.16. The molecule has 0 bridgehead atoms. The second-order valence-electron chi connectivity index (χ2n) is 4.99. The third-order valence-electron chi connectivity index (χ3n) is 2.88. The van der Waals surface area contributed by atoms with Crippen LogP contribution >= 0.6 is 0 Å². The molecule has 0 radical (unpaired) electrons. The smallest absolute Gasteiger partial charge is 0.251 e. The second-order valence-corrected chi connectivity index (χ2v) is 4.99. The summed E-state index contributed by atoms with van der Waals surface area (Å²) in [7, 11) is 0. The number of aliphatic hydroxyl groups is 1. The summed E-state index contributed by atoms with van der Waals surface area (Å²) in [6.45, 7) is 5.56. The number of benzene rings is 1. The number of fused-ring (bicyclic) bond motifs is 1. The second kappa shape index (κ2) is 4.59. The van der Waals surface area contributed by atoms with Crippen molar-refractivity contribution < 1.29 is 10.2 Å². The highest BCUT2D eigenvalue weighted by molar-refractivity contribution is 5.95. The van der Waals surface area contributed by atoms with Crippen LogP contribution in [0, 0.1) is 0 Å². The number of rotatable bonds is 3. The van der Waals surface area contributed by atoms with Gasteiger partial charge in [-0.1, -0.05) is 0 Å². The number of aromatic hydroxyl groups is 1. The van der Waals surface area contributed by atoms with E-state index < -0.39 is 5.72 Å². The molecule has 0 atom stereocenters. The Bertz CT molecular complexity index is 669. The number of hydrogen-bond acceptors (Lipinski definition) is 4. The number of hydrogen-bond donors (Lipinski definition) is 3. The summed E-state index contributed by atoms with van der Waals surface area (Å²) in [4.78, 5) is 11.8. The van der Waals surface area contributed by atoms with E-state index in [0.29, 0.717) is 23.1 Å². The van der Waals surface area contributed by atoms with Crippen LogP contribution in [-0.4, -0.2) is 20.5 Å². The highest BCUT2D eigenvalue weighted by Gasteiger charge is 2.16. The highest BCUT2D eigenvalue weighted by Crippen LogP contribution is 2.31. The summed E-state index contributed by atoms with van der Waals surface area (Å²) in [6, 6.07) is 6.31. The summed E-state index contributed by atoms with van der Waals surface area (Å²) < 4.78 is 1.50. The largest absolute Gasteiger partial charge is 0.506 e. The molecule has 0 aliphatic carbocycles. The summed E-state index contributed by atoms with van der Waals surface area (Å²) in [5.41, 5.74) is -0.102. The van der Waals surface area contributed by atoms with Gasteiger partial charge in [0.25, 0.3) is 5.56 Å². The van der Waals surface area contributed by atoms with Crippen molar-refractivity contribution in [2.75, 3.05) is 5.32 Å². The first-order valence-corrected chi connectivity index (χ1v) is 6.19. The van der Waals surface area contributed by atoms with Crippen LogP contribution in [0.1, 0.15) is 20.8 Å². The molecule has 2 rings (SSSR count). The van der Waals surface area contributed by atoms with Gasteiger partial charge in [0, 0.05) is 23.7 Å². The maximum absolute atomic E-state index is 11.8. The maximum Gasteiger partial charge on any atom is 0.251 e. The zero-order valence-electron chi connectivity index (χ0n) is 11.3. The molecule has 1 aromatic carbocycles. The molecular weight excluding hydrogens is 244 g/mol. The lowest BCUT2D eigenvalue weighted by Crippen LogP contribution is -2.30. The number of nitrogens with zero attached hydrogens (tertiary/aromatic N) is 1. The van der Waals surface area contributed by atoms with E-state index in [0.717, 1.165) is 0 Å². The van der Waals surface area contributed by atoms with Crippen molar-refractivity contribution >= 4 is 16.6 Å². The summed E-state index contributed by atoms with van der Waals surface area (Å²) in [5, 5.41) is 23.5. The molecule has 0 fully saturated rings. The fourth-order valence-electron chi connectivity index (χ4n) is 2.16. The van der Waals surface area contributed by atoms with Gasteiger partial charge in [0.1, 0.15) is 11.5 Å². The van der Waals surface area contributed by atoms with Crippen molar-refractivity contribution in [3.05, 3.63) is 34.6 Å². The maximum atomic E-state index is 11.8. The summed E-state index contributed by atoms with van der Waals surface area (Å²) in [5.74, 6) is 0.0517. The molecule has 0 spiro atoms. The van der Waals surface area contributed by atoms with E-state index in [1.807, 2.05) is 6.92 Å². The minimum Gasteiger partial charge on any atom is -0.506 e. The molecule has 102 valence electrons. The van der Waals surface area contributed by atoms with Crippen molar-refractivity contribution in [2.24, 2.45) is 0 Å². The van der Waals surface area contributed by atoms with Crippen LogP contribution in [-0.2, 0) is 6.54 Å². The lowest BCUT2D eigenvalue weighted by molar-refractivity contribution is 0.112. The quantitative estimate of drug-likeness (QED) is 0.583. The third-order valence-corrected chi connectivity index (χ3v) is 2.88. The van der Waals surface area contributed by atoms with Crippen LogP contribution in [0.15, 0.2) is 29.1 Å². The van der Waals surface area contributed by atoms with Gasteiger partial charge < -0.3 is 20.1 Å². The van der Waals surface area contributed by atoms with Crippen LogP contribution in [0.25, 0.3) is 10.9 Å². The normalized spacial score (nSPS) is 11.8. The molecule has 5 nitrogen and oxygen atoms in total. The first-order chi connectivity index (χ1) is 8.83. The minimum absolute atomic E-state index is 0.0517. The Morgan fingerprint density at radius 1 is 1.26 bits per heavy atom. The summed E-state index contributed by atoms with van der Waals surface area (Å²) in [6.07, 6.45) is 0. The number of phenols is 1. The lowest BCUT2D eigenvalue weighted by atomic mass is 10.1. The number of aryl methyl sites for hydroxylation is 1. The van der Waals surface area contributed by atoms with Crippen molar-refractivity contribution in [3.63, 3.8) is 0 Å². The molecule has 0 aliphatic heterocycles. The highest BCUT2D eigenvalue weighted by atomic mass is 16.3. The van der Waals surface area contributed by atoms with Crippen LogP contribution in [0.2, 0.25) is 0 Å². The van der Waals surface area contributed by atoms with Gasteiger partial charge in [0.05, 0.1) is 5.52 Å².